The Bertz CT molecular complexity index is 818. The van der Waals surface area contributed by atoms with E-state index in [1.807, 2.05) is 38.1 Å². The first-order chi connectivity index (χ1) is 11.5. The van der Waals surface area contributed by atoms with E-state index in [0.717, 1.165) is 22.6 Å². The maximum atomic E-state index is 11.1. The molecule has 0 amide bonds. The smallest absolute Gasteiger partial charge is 0.335 e. The molecule has 0 radical (unpaired) electrons. The van der Waals surface area contributed by atoms with Crippen molar-refractivity contribution in [3.63, 3.8) is 0 Å². The summed E-state index contributed by atoms with van der Waals surface area (Å²) in [5, 5.41) is 11.9. The highest BCUT2D eigenvalue weighted by molar-refractivity contribution is 7.80. The lowest BCUT2D eigenvalue weighted by Gasteiger charge is -2.24. The Hall–Kier alpha value is -2.47. The Morgan fingerprint density at radius 3 is 2.75 bits per heavy atom. The van der Waals surface area contributed by atoms with Gasteiger partial charge in [0, 0.05) is 11.3 Å². The lowest BCUT2D eigenvalue weighted by Crippen LogP contribution is -2.22. The normalized spacial score (nSPS) is 16.2. The third kappa shape index (κ3) is 3.23. The number of nitrogens with zero attached hydrogens (tertiary/aromatic N) is 1. The van der Waals surface area contributed by atoms with Gasteiger partial charge >= 0.3 is 5.97 Å². The fraction of sp³-hybridized carbons (Fsp3) is 0.222. The Balaban J connectivity index is 1.98. The number of carboxylic acid groups (broad SMARTS) is 1. The Morgan fingerprint density at radius 2 is 2.04 bits per heavy atom. The van der Waals surface area contributed by atoms with Gasteiger partial charge in [-0.25, -0.2) is 9.79 Å². The molecule has 24 heavy (non-hydrogen) atoms. The number of ether oxygens (including phenoxy) is 1. The molecule has 1 aliphatic rings. The zero-order valence-corrected chi connectivity index (χ0v) is 14.2. The minimum atomic E-state index is -0.969. The van der Waals surface area contributed by atoms with E-state index in [9.17, 15) is 4.79 Å². The topological polar surface area (TPSA) is 70.9 Å². The fourth-order valence-corrected chi connectivity index (χ4v) is 2.86. The number of carbonyl (C=O) groups is 1. The maximum absolute atomic E-state index is 11.1. The monoisotopic (exact) mass is 342 g/mol. The number of thiol groups is 1. The molecule has 1 aliphatic heterocycles. The van der Waals surface area contributed by atoms with Crippen LogP contribution in [0.1, 0.15) is 40.7 Å². The number of nitrogens with one attached hydrogen (secondary N) is 1. The van der Waals surface area contributed by atoms with Crippen molar-refractivity contribution >= 4 is 30.1 Å². The van der Waals surface area contributed by atoms with Crippen molar-refractivity contribution in [3.8, 4) is 5.75 Å². The molecule has 0 bridgehead atoms. The van der Waals surface area contributed by atoms with Crippen LogP contribution in [0.5, 0.6) is 5.75 Å². The number of aliphatic imine (C=N–C) groups is 1. The van der Waals surface area contributed by atoms with Crippen LogP contribution in [-0.4, -0.2) is 23.0 Å². The number of para-hydroxylation sites is 1. The molecular weight excluding hydrogens is 324 g/mol. The first-order valence-corrected chi connectivity index (χ1v) is 8.13. The quantitative estimate of drug-likeness (QED) is 0.735. The molecule has 0 fully saturated rings. The summed E-state index contributed by atoms with van der Waals surface area (Å²) in [6, 6.07) is 12.6. The molecule has 2 aromatic carbocycles. The molecule has 124 valence electrons. The molecule has 3 rings (SSSR count). The van der Waals surface area contributed by atoms with Crippen molar-refractivity contribution in [2.45, 2.75) is 25.3 Å². The minimum Gasteiger partial charge on any atom is -0.490 e. The SMILES string of the molecule is CC(C)Oc1ccccc1C1=NC(S)c2cc(C(=O)O)ccc2N1. The van der Waals surface area contributed by atoms with Gasteiger partial charge in [0.25, 0.3) is 0 Å². The van der Waals surface area contributed by atoms with Crippen LogP contribution in [0, 0.1) is 0 Å². The molecular formula is C18H18N2O3S. The van der Waals surface area contributed by atoms with Gasteiger partial charge in [0.2, 0.25) is 0 Å². The van der Waals surface area contributed by atoms with Crippen molar-refractivity contribution in [2.24, 2.45) is 4.99 Å². The number of hydrogen-bond donors (Lipinski definition) is 3. The van der Waals surface area contributed by atoms with Crippen LogP contribution in [-0.2, 0) is 0 Å². The Kier molecular flexibility index (Phi) is 4.49. The Morgan fingerprint density at radius 1 is 1.29 bits per heavy atom. The highest BCUT2D eigenvalue weighted by atomic mass is 32.1. The van der Waals surface area contributed by atoms with E-state index in [2.05, 4.69) is 22.9 Å². The number of hydrogen-bond acceptors (Lipinski definition) is 5. The predicted octanol–water partition coefficient (Wildman–Crippen LogP) is 3.97. The third-order valence-corrected chi connectivity index (χ3v) is 3.98. The molecule has 0 aliphatic carbocycles. The van der Waals surface area contributed by atoms with Gasteiger partial charge in [-0.05, 0) is 44.2 Å². The number of anilines is 1. The van der Waals surface area contributed by atoms with Gasteiger partial charge in [-0.3, -0.25) is 0 Å². The summed E-state index contributed by atoms with van der Waals surface area (Å²) in [7, 11) is 0. The van der Waals surface area contributed by atoms with Crippen LogP contribution >= 0.6 is 12.6 Å². The third-order valence-electron chi connectivity index (χ3n) is 3.59. The van der Waals surface area contributed by atoms with E-state index in [4.69, 9.17) is 9.84 Å². The van der Waals surface area contributed by atoms with Gasteiger partial charge in [-0.15, -0.1) is 12.6 Å². The van der Waals surface area contributed by atoms with Gasteiger partial charge in [0.15, 0.2) is 0 Å². The molecule has 0 spiro atoms. The lowest BCUT2D eigenvalue weighted by molar-refractivity contribution is 0.0697. The minimum absolute atomic E-state index is 0.0487. The number of benzene rings is 2. The zero-order chi connectivity index (χ0) is 17.3. The van der Waals surface area contributed by atoms with Crippen LogP contribution in [0.15, 0.2) is 47.5 Å². The second-order valence-corrected chi connectivity index (χ2v) is 6.24. The molecule has 1 unspecified atom stereocenters. The van der Waals surface area contributed by atoms with E-state index in [1.54, 1.807) is 18.2 Å². The lowest BCUT2D eigenvalue weighted by atomic mass is 10.0. The van der Waals surface area contributed by atoms with Crippen molar-refractivity contribution in [3.05, 3.63) is 59.2 Å². The second kappa shape index (κ2) is 6.57. The fourth-order valence-electron chi connectivity index (χ4n) is 2.53. The van der Waals surface area contributed by atoms with Gasteiger partial charge < -0.3 is 15.2 Å². The summed E-state index contributed by atoms with van der Waals surface area (Å²) in [5.41, 5.74) is 2.60. The van der Waals surface area contributed by atoms with E-state index < -0.39 is 11.3 Å². The van der Waals surface area contributed by atoms with Crippen LogP contribution in [0.2, 0.25) is 0 Å². The summed E-state index contributed by atoms with van der Waals surface area (Å²) in [4.78, 5) is 15.7. The molecule has 5 nitrogen and oxygen atoms in total. The van der Waals surface area contributed by atoms with Gasteiger partial charge in [0.1, 0.15) is 17.0 Å². The van der Waals surface area contributed by atoms with Crippen molar-refractivity contribution in [2.75, 3.05) is 5.32 Å². The van der Waals surface area contributed by atoms with Crippen molar-refractivity contribution < 1.29 is 14.6 Å². The van der Waals surface area contributed by atoms with Crippen LogP contribution in [0.25, 0.3) is 0 Å². The summed E-state index contributed by atoms with van der Waals surface area (Å²) < 4.78 is 5.85. The molecule has 2 aromatic rings. The zero-order valence-electron chi connectivity index (χ0n) is 13.4. The highest BCUT2D eigenvalue weighted by Gasteiger charge is 2.22. The predicted molar refractivity (Wildman–Crippen MR) is 97.5 cm³/mol. The molecule has 0 aromatic heterocycles. The summed E-state index contributed by atoms with van der Waals surface area (Å²) in [6.07, 6.45) is 0.0487. The summed E-state index contributed by atoms with van der Waals surface area (Å²) in [5.74, 6) is 0.426. The van der Waals surface area contributed by atoms with Gasteiger partial charge in [-0.1, -0.05) is 12.1 Å². The average Bonchev–Trinajstić information content (AvgIpc) is 2.54. The first kappa shape index (κ1) is 16.4. The highest BCUT2D eigenvalue weighted by Crippen LogP contribution is 2.35. The molecule has 1 atom stereocenters. The number of amidine groups is 1. The van der Waals surface area contributed by atoms with Crippen LogP contribution in [0.4, 0.5) is 5.69 Å². The van der Waals surface area contributed by atoms with Crippen molar-refractivity contribution in [1.29, 1.82) is 0 Å². The first-order valence-electron chi connectivity index (χ1n) is 7.62. The van der Waals surface area contributed by atoms with E-state index in [-0.39, 0.29) is 11.7 Å². The van der Waals surface area contributed by atoms with Crippen LogP contribution < -0.4 is 10.1 Å². The van der Waals surface area contributed by atoms with Gasteiger partial charge in [-0.2, -0.15) is 0 Å². The summed E-state index contributed by atoms with van der Waals surface area (Å²) >= 11 is 4.51. The number of fused-ring (bicyclic) bond motifs is 1. The number of carboxylic acids is 1. The molecule has 6 heteroatoms. The van der Waals surface area contributed by atoms with Crippen molar-refractivity contribution in [1.82, 2.24) is 0 Å². The van der Waals surface area contributed by atoms with Gasteiger partial charge in [0.05, 0.1) is 17.2 Å². The number of aromatic carboxylic acids is 1. The largest absolute Gasteiger partial charge is 0.490 e. The second-order valence-electron chi connectivity index (χ2n) is 5.75. The molecule has 0 saturated heterocycles. The standard InChI is InChI=1S/C18H18N2O3S/c1-10(2)23-15-6-4-3-5-12(15)16-19-14-8-7-11(18(21)22)9-13(14)17(24)20-16/h3-10,17,24H,1-2H3,(H,19,20)(H,21,22). The average molecular weight is 342 g/mol. The Labute approximate surface area is 145 Å². The number of rotatable bonds is 4. The molecule has 1 heterocycles. The van der Waals surface area contributed by atoms with E-state index in [1.165, 1.54) is 0 Å². The van der Waals surface area contributed by atoms with E-state index >= 15 is 0 Å². The van der Waals surface area contributed by atoms with E-state index in [0.29, 0.717) is 5.84 Å². The van der Waals surface area contributed by atoms with Crippen LogP contribution in [0.3, 0.4) is 0 Å². The summed E-state index contributed by atoms with van der Waals surface area (Å²) in [6.45, 7) is 3.94. The molecule has 2 N–H and O–H groups in total. The molecule has 0 saturated carbocycles. The maximum Gasteiger partial charge on any atom is 0.335 e.